The summed E-state index contributed by atoms with van der Waals surface area (Å²) in [5.74, 6) is 0.0810. The number of halogens is 1. The first kappa shape index (κ1) is 18.8. The molecule has 0 saturated carbocycles. The zero-order valence-electron chi connectivity index (χ0n) is 14.7. The van der Waals surface area contributed by atoms with Crippen molar-refractivity contribution in [1.29, 1.82) is 0 Å². The van der Waals surface area contributed by atoms with Crippen LogP contribution in [0.5, 0.6) is 5.75 Å². The molecule has 0 saturated heterocycles. The van der Waals surface area contributed by atoms with E-state index in [0.717, 1.165) is 11.1 Å². The number of para-hydroxylation sites is 1. The molecule has 140 valence electrons. The van der Waals surface area contributed by atoms with Crippen molar-refractivity contribution in [2.24, 2.45) is 0 Å². The highest BCUT2D eigenvalue weighted by Crippen LogP contribution is 2.18. The van der Waals surface area contributed by atoms with E-state index in [1.165, 1.54) is 12.1 Å². The lowest BCUT2D eigenvalue weighted by atomic mass is 10.1. The van der Waals surface area contributed by atoms with Gasteiger partial charge >= 0.3 is 0 Å². The Kier molecular flexibility index (Phi) is 5.97. The van der Waals surface area contributed by atoms with Crippen LogP contribution in [0.25, 0.3) is 11.4 Å². The Labute approximate surface area is 161 Å². The van der Waals surface area contributed by atoms with Gasteiger partial charge in [-0.1, -0.05) is 42.0 Å². The predicted molar refractivity (Wildman–Crippen MR) is 102 cm³/mol. The van der Waals surface area contributed by atoms with Gasteiger partial charge in [-0.2, -0.15) is 5.10 Å². The number of hydrogen-bond acceptors (Lipinski definition) is 4. The summed E-state index contributed by atoms with van der Waals surface area (Å²) in [4.78, 5) is 12.2. The van der Waals surface area contributed by atoms with E-state index in [1.54, 1.807) is 16.7 Å². The summed E-state index contributed by atoms with van der Waals surface area (Å²) < 4.78 is 20.8. The third-order valence-corrected chi connectivity index (χ3v) is 4.20. The lowest BCUT2D eigenvalue weighted by Gasteiger charge is -2.10. The quantitative estimate of drug-likeness (QED) is 0.483. The van der Waals surface area contributed by atoms with Gasteiger partial charge in [0, 0.05) is 5.56 Å². The third kappa shape index (κ3) is 4.79. The zero-order chi connectivity index (χ0) is 19.2. The Bertz CT molecular complexity index is 982. The fourth-order valence-corrected chi connectivity index (χ4v) is 2.70. The zero-order valence-corrected chi connectivity index (χ0v) is 15.6. The van der Waals surface area contributed by atoms with Crippen LogP contribution in [0.3, 0.4) is 0 Å². The van der Waals surface area contributed by atoms with Gasteiger partial charge in [-0.05, 0) is 31.3 Å². The van der Waals surface area contributed by atoms with Crippen molar-refractivity contribution in [2.45, 2.75) is 13.5 Å². The number of benzene rings is 2. The molecule has 0 fully saturated rings. The van der Waals surface area contributed by atoms with Crippen molar-refractivity contribution in [3.63, 3.8) is 0 Å². The summed E-state index contributed by atoms with van der Waals surface area (Å²) in [6, 6.07) is 13.9. The number of H-pyrrole nitrogens is 1. The second-order valence-corrected chi connectivity index (χ2v) is 6.32. The maximum atomic E-state index is 13.5. The highest BCUT2D eigenvalue weighted by Gasteiger charge is 2.12. The van der Waals surface area contributed by atoms with Crippen LogP contribution in [0, 0.1) is 17.5 Å². The monoisotopic (exact) mass is 386 g/mol. The maximum Gasteiger partial charge on any atom is 0.240 e. The van der Waals surface area contributed by atoms with Crippen molar-refractivity contribution in [3.05, 3.63) is 64.7 Å². The fourth-order valence-electron chi connectivity index (χ4n) is 2.50. The van der Waals surface area contributed by atoms with E-state index in [1.807, 2.05) is 31.2 Å². The van der Waals surface area contributed by atoms with E-state index in [-0.39, 0.29) is 31.4 Å². The molecule has 1 amide bonds. The Morgan fingerprint density at radius 2 is 2.00 bits per heavy atom. The standard InChI is InChI=1S/C19H19FN4O2S/c1-13-6-8-14(9-7-13)18-22-23-19(27)24(18)12-17(25)21-10-11-26-16-5-3-2-4-15(16)20/h2-9H,10-12H2,1H3,(H,21,25)(H,23,27). The molecule has 1 heterocycles. The SMILES string of the molecule is Cc1ccc(-c2n[nH]c(=S)n2CC(=O)NCCOc2ccccc2F)cc1. The Morgan fingerprint density at radius 3 is 2.74 bits per heavy atom. The number of carbonyl (C=O) groups is 1. The summed E-state index contributed by atoms with van der Waals surface area (Å²) in [6.07, 6.45) is 0. The number of hydrogen-bond donors (Lipinski definition) is 2. The molecule has 1 aromatic heterocycles. The fraction of sp³-hybridized carbons (Fsp3) is 0.211. The Morgan fingerprint density at radius 1 is 1.26 bits per heavy atom. The largest absolute Gasteiger partial charge is 0.489 e. The normalized spacial score (nSPS) is 10.6. The van der Waals surface area contributed by atoms with Crippen LogP contribution in [0.2, 0.25) is 0 Å². The summed E-state index contributed by atoms with van der Waals surface area (Å²) in [7, 11) is 0. The maximum absolute atomic E-state index is 13.5. The molecule has 0 aliphatic heterocycles. The molecule has 8 heteroatoms. The highest BCUT2D eigenvalue weighted by atomic mass is 32.1. The molecule has 2 aromatic carbocycles. The van der Waals surface area contributed by atoms with Crippen LogP contribution in [0.4, 0.5) is 4.39 Å². The van der Waals surface area contributed by atoms with Gasteiger partial charge in [0.15, 0.2) is 22.2 Å². The van der Waals surface area contributed by atoms with Crippen molar-refractivity contribution in [3.8, 4) is 17.1 Å². The number of amides is 1. The number of rotatable bonds is 7. The van der Waals surface area contributed by atoms with E-state index in [2.05, 4.69) is 15.5 Å². The van der Waals surface area contributed by atoms with Crippen LogP contribution in [0.1, 0.15) is 5.56 Å². The number of ether oxygens (including phenoxy) is 1. The lowest BCUT2D eigenvalue weighted by molar-refractivity contribution is -0.121. The topological polar surface area (TPSA) is 71.9 Å². The minimum atomic E-state index is -0.434. The van der Waals surface area contributed by atoms with Gasteiger partial charge in [0.05, 0.1) is 6.54 Å². The van der Waals surface area contributed by atoms with Crippen LogP contribution in [-0.4, -0.2) is 33.8 Å². The summed E-state index contributed by atoms with van der Waals surface area (Å²) >= 11 is 5.23. The smallest absolute Gasteiger partial charge is 0.240 e. The number of nitrogens with one attached hydrogen (secondary N) is 2. The number of nitrogens with zero attached hydrogens (tertiary/aromatic N) is 2. The molecule has 2 N–H and O–H groups in total. The number of carbonyl (C=O) groups excluding carboxylic acids is 1. The first-order valence-corrected chi connectivity index (χ1v) is 8.81. The van der Waals surface area contributed by atoms with E-state index >= 15 is 0 Å². The van der Waals surface area contributed by atoms with E-state index < -0.39 is 5.82 Å². The molecule has 0 spiro atoms. The van der Waals surface area contributed by atoms with E-state index in [9.17, 15) is 9.18 Å². The van der Waals surface area contributed by atoms with E-state index in [4.69, 9.17) is 17.0 Å². The average molecular weight is 386 g/mol. The van der Waals surface area contributed by atoms with Gasteiger partial charge in [0.25, 0.3) is 0 Å². The predicted octanol–water partition coefficient (Wildman–Crippen LogP) is 3.25. The molecule has 0 aliphatic rings. The van der Waals surface area contributed by atoms with Crippen LogP contribution < -0.4 is 10.1 Å². The van der Waals surface area contributed by atoms with Crippen LogP contribution >= 0.6 is 12.2 Å². The number of aromatic amines is 1. The molecule has 0 unspecified atom stereocenters. The minimum absolute atomic E-state index is 0.0260. The molecule has 3 aromatic rings. The minimum Gasteiger partial charge on any atom is -0.489 e. The van der Waals surface area contributed by atoms with Crippen molar-refractivity contribution >= 4 is 18.1 Å². The van der Waals surface area contributed by atoms with Gasteiger partial charge in [0.1, 0.15) is 13.2 Å². The average Bonchev–Trinajstić information content (AvgIpc) is 3.01. The molecule has 3 rings (SSSR count). The Hall–Kier alpha value is -3.00. The molecular formula is C19H19FN4O2S. The molecule has 0 aliphatic carbocycles. The second-order valence-electron chi connectivity index (χ2n) is 5.93. The molecule has 6 nitrogen and oxygen atoms in total. The molecule has 27 heavy (non-hydrogen) atoms. The van der Waals surface area contributed by atoms with Gasteiger partial charge in [0.2, 0.25) is 5.91 Å². The van der Waals surface area contributed by atoms with Gasteiger partial charge in [-0.15, -0.1) is 0 Å². The van der Waals surface area contributed by atoms with Crippen molar-refractivity contribution in [1.82, 2.24) is 20.1 Å². The first-order valence-electron chi connectivity index (χ1n) is 8.41. The third-order valence-electron chi connectivity index (χ3n) is 3.89. The summed E-state index contributed by atoms with van der Waals surface area (Å²) in [6.45, 7) is 2.43. The van der Waals surface area contributed by atoms with Crippen molar-refractivity contribution < 1.29 is 13.9 Å². The second kappa shape index (κ2) is 8.59. The highest BCUT2D eigenvalue weighted by molar-refractivity contribution is 7.71. The van der Waals surface area contributed by atoms with Crippen LogP contribution in [0.15, 0.2) is 48.5 Å². The summed E-state index contributed by atoms with van der Waals surface area (Å²) in [5, 5.41) is 9.66. The van der Waals surface area contributed by atoms with Gasteiger partial charge in [-0.3, -0.25) is 14.5 Å². The van der Waals surface area contributed by atoms with E-state index in [0.29, 0.717) is 10.6 Å². The number of aryl methyl sites for hydroxylation is 1. The van der Waals surface area contributed by atoms with Crippen LogP contribution in [-0.2, 0) is 11.3 Å². The molecular weight excluding hydrogens is 367 g/mol. The molecule has 0 atom stereocenters. The molecule has 0 radical (unpaired) electrons. The van der Waals surface area contributed by atoms with Crippen molar-refractivity contribution in [2.75, 3.05) is 13.2 Å². The molecule has 0 bridgehead atoms. The number of aromatic nitrogens is 3. The summed E-state index contributed by atoms with van der Waals surface area (Å²) in [5.41, 5.74) is 2.00. The van der Waals surface area contributed by atoms with Gasteiger partial charge < -0.3 is 10.1 Å². The Balaban J connectivity index is 1.57. The first-order chi connectivity index (χ1) is 13.0. The van der Waals surface area contributed by atoms with Gasteiger partial charge in [-0.25, -0.2) is 4.39 Å². The lowest BCUT2D eigenvalue weighted by Crippen LogP contribution is -2.31.